The summed E-state index contributed by atoms with van der Waals surface area (Å²) in [5.74, 6) is 0.702. The van der Waals surface area contributed by atoms with Crippen LogP contribution in [0.1, 0.15) is 34.5 Å². The highest BCUT2D eigenvalue weighted by Gasteiger charge is 2.27. The van der Waals surface area contributed by atoms with Crippen LogP contribution in [-0.4, -0.2) is 49.7 Å². The van der Waals surface area contributed by atoms with Gasteiger partial charge in [0.2, 0.25) is 0 Å². The number of rotatable bonds is 4. The van der Waals surface area contributed by atoms with Gasteiger partial charge in [-0.15, -0.1) is 11.3 Å². The van der Waals surface area contributed by atoms with Crippen LogP contribution in [0.2, 0.25) is 0 Å². The second-order valence-corrected chi connectivity index (χ2v) is 7.11. The molecule has 2 aliphatic rings. The van der Waals surface area contributed by atoms with E-state index in [1.165, 1.54) is 30.6 Å². The van der Waals surface area contributed by atoms with Gasteiger partial charge in [0.15, 0.2) is 0 Å². The zero-order valence-electron chi connectivity index (χ0n) is 12.6. The molecule has 0 radical (unpaired) electrons. The van der Waals surface area contributed by atoms with Gasteiger partial charge in [0, 0.05) is 19.2 Å². The van der Waals surface area contributed by atoms with Gasteiger partial charge in [0.05, 0.1) is 11.5 Å². The van der Waals surface area contributed by atoms with Crippen molar-refractivity contribution < 1.29 is 9.53 Å². The first-order valence-corrected chi connectivity index (χ1v) is 8.75. The van der Waals surface area contributed by atoms with Crippen LogP contribution >= 0.6 is 11.3 Å². The maximum absolute atomic E-state index is 12.0. The molecule has 3 heterocycles. The van der Waals surface area contributed by atoms with Gasteiger partial charge in [-0.05, 0) is 62.2 Å². The molecule has 0 aliphatic carbocycles. The third-order valence-corrected chi connectivity index (χ3v) is 5.62. The maximum Gasteiger partial charge on any atom is 0.261 e. The maximum atomic E-state index is 12.0. The minimum Gasteiger partial charge on any atom is -0.380 e. The highest BCUT2D eigenvalue weighted by Crippen LogP contribution is 2.22. The van der Waals surface area contributed by atoms with E-state index in [2.05, 4.69) is 10.2 Å². The van der Waals surface area contributed by atoms with Crippen LogP contribution in [0, 0.1) is 12.8 Å². The Morgan fingerprint density at radius 2 is 2.24 bits per heavy atom. The molecule has 1 atom stereocenters. The Kier molecular flexibility index (Phi) is 4.93. The third-order valence-electron chi connectivity index (χ3n) is 4.58. The number of ether oxygens (including phenoxy) is 1. The number of likely N-dealkylation sites (tertiary alicyclic amines) is 1. The van der Waals surface area contributed by atoms with Crippen LogP contribution in [0.5, 0.6) is 0 Å². The van der Waals surface area contributed by atoms with E-state index in [0.29, 0.717) is 12.0 Å². The fraction of sp³-hybridized carbons (Fsp3) is 0.688. The Labute approximate surface area is 130 Å². The molecule has 1 aromatic rings. The van der Waals surface area contributed by atoms with E-state index in [1.54, 1.807) is 0 Å². The van der Waals surface area contributed by atoms with Crippen molar-refractivity contribution >= 4 is 17.2 Å². The molecule has 116 valence electrons. The second kappa shape index (κ2) is 6.90. The number of thiophene rings is 1. The number of nitrogens with one attached hydrogen (secondary N) is 1. The first kappa shape index (κ1) is 15.0. The van der Waals surface area contributed by atoms with E-state index in [9.17, 15) is 4.79 Å². The Morgan fingerprint density at radius 3 is 2.86 bits per heavy atom. The van der Waals surface area contributed by atoms with Crippen molar-refractivity contribution in [3.05, 3.63) is 21.9 Å². The molecule has 21 heavy (non-hydrogen) atoms. The van der Waals surface area contributed by atoms with Crippen LogP contribution < -0.4 is 5.32 Å². The number of hydrogen-bond acceptors (Lipinski definition) is 4. The van der Waals surface area contributed by atoms with Crippen molar-refractivity contribution in [2.75, 3.05) is 32.8 Å². The zero-order valence-corrected chi connectivity index (χ0v) is 13.5. The van der Waals surface area contributed by atoms with Crippen LogP contribution in [-0.2, 0) is 4.74 Å². The van der Waals surface area contributed by atoms with Crippen LogP contribution in [0.3, 0.4) is 0 Å². The van der Waals surface area contributed by atoms with Gasteiger partial charge in [-0.1, -0.05) is 0 Å². The second-order valence-electron chi connectivity index (χ2n) is 6.20. The lowest BCUT2D eigenvalue weighted by atomic mass is 9.95. The van der Waals surface area contributed by atoms with Gasteiger partial charge in [-0.2, -0.15) is 0 Å². The predicted molar refractivity (Wildman–Crippen MR) is 84.9 cm³/mol. The summed E-state index contributed by atoms with van der Waals surface area (Å²) in [5.41, 5.74) is 1.16. The molecule has 0 aromatic carbocycles. The lowest BCUT2D eigenvalue weighted by molar-refractivity contribution is 0.0914. The molecule has 2 saturated heterocycles. The van der Waals surface area contributed by atoms with Crippen LogP contribution in [0.15, 0.2) is 11.4 Å². The number of carbonyl (C=O) groups excluding carboxylic acids is 1. The number of nitrogens with zero attached hydrogens (tertiary/aromatic N) is 1. The van der Waals surface area contributed by atoms with Gasteiger partial charge in [-0.25, -0.2) is 0 Å². The fourth-order valence-corrected chi connectivity index (χ4v) is 4.02. The molecular weight excluding hydrogens is 284 g/mol. The molecule has 5 heteroatoms. The number of hydrogen-bond donors (Lipinski definition) is 1. The number of aryl methyl sites for hydroxylation is 1. The minimum absolute atomic E-state index is 0.0831. The summed E-state index contributed by atoms with van der Waals surface area (Å²) >= 11 is 1.53. The summed E-state index contributed by atoms with van der Waals surface area (Å²) in [7, 11) is 0. The first-order valence-electron chi connectivity index (χ1n) is 7.87. The molecule has 4 nitrogen and oxygen atoms in total. The SMILES string of the molecule is Cc1csc(C(=O)NCC2CCN([C@@H]3CCOC3)CC2)c1. The minimum atomic E-state index is 0.0831. The molecule has 1 amide bonds. The zero-order chi connectivity index (χ0) is 14.7. The summed E-state index contributed by atoms with van der Waals surface area (Å²) in [6, 6.07) is 2.59. The fourth-order valence-electron chi connectivity index (χ4n) is 3.21. The molecule has 0 spiro atoms. The normalized spacial score (nSPS) is 24.3. The summed E-state index contributed by atoms with van der Waals surface area (Å²) in [5, 5.41) is 5.12. The molecule has 0 unspecified atom stereocenters. The van der Waals surface area contributed by atoms with Gasteiger partial charge < -0.3 is 10.1 Å². The quantitative estimate of drug-likeness (QED) is 0.928. The van der Waals surface area contributed by atoms with Gasteiger partial charge in [-0.3, -0.25) is 9.69 Å². The standard InChI is InChI=1S/C16H24N2O2S/c1-12-8-15(21-11-12)16(19)17-9-13-2-5-18(6-3-13)14-4-7-20-10-14/h8,11,13-14H,2-7,9-10H2,1H3,(H,17,19)/t14-/m1/s1. The van der Waals surface area contributed by atoms with Crippen molar-refractivity contribution in [3.63, 3.8) is 0 Å². The van der Waals surface area contributed by atoms with Crippen molar-refractivity contribution in [1.29, 1.82) is 0 Å². The summed E-state index contributed by atoms with van der Waals surface area (Å²) in [6.45, 7) is 6.94. The monoisotopic (exact) mass is 308 g/mol. The van der Waals surface area contributed by atoms with E-state index in [0.717, 1.165) is 43.3 Å². The number of piperidine rings is 1. The molecular formula is C16H24N2O2S. The van der Waals surface area contributed by atoms with Crippen molar-refractivity contribution in [2.45, 2.75) is 32.2 Å². The molecule has 1 aromatic heterocycles. The van der Waals surface area contributed by atoms with Crippen molar-refractivity contribution in [2.24, 2.45) is 5.92 Å². The summed E-state index contributed by atoms with van der Waals surface area (Å²) in [4.78, 5) is 15.4. The Morgan fingerprint density at radius 1 is 1.43 bits per heavy atom. The number of amides is 1. The van der Waals surface area contributed by atoms with E-state index in [4.69, 9.17) is 4.74 Å². The summed E-state index contributed by atoms with van der Waals surface area (Å²) < 4.78 is 5.47. The van der Waals surface area contributed by atoms with Gasteiger partial charge >= 0.3 is 0 Å². The largest absolute Gasteiger partial charge is 0.380 e. The number of carbonyl (C=O) groups is 1. The predicted octanol–water partition coefficient (Wildman–Crippen LogP) is 2.29. The third kappa shape index (κ3) is 3.84. The van der Waals surface area contributed by atoms with Crippen molar-refractivity contribution in [3.8, 4) is 0 Å². The van der Waals surface area contributed by atoms with E-state index in [-0.39, 0.29) is 5.91 Å². The molecule has 2 aliphatic heterocycles. The Balaban J connectivity index is 1.40. The van der Waals surface area contributed by atoms with E-state index >= 15 is 0 Å². The smallest absolute Gasteiger partial charge is 0.261 e. The molecule has 2 fully saturated rings. The van der Waals surface area contributed by atoms with Crippen molar-refractivity contribution in [1.82, 2.24) is 10.2 Å². The average Bonchev–Trinajstić information content (AvgIpc) is 3.16. The van der Waals surface area contributed by atoms with E-state index < -0.39 is 0 Å². The van der Waals surface area contributed by atoms with Crippen LogP contribution in [0.25, 0.3) is 0 Å². The molecule has 0 saturated carbocycles. The molecule has 0 bridgehead atoms. The first-order chi connectivity index (χ1) is 10.2. The lowest BCUT2D eigenvalue weighted by Crippen LogP contribution is -2.43. The van der Waals surface area contributed by atoms with E-state index in [1.807, 2.05) is 18.4 Å². The summed E-state index contributed by atoms with van der Waals surface area (Å²) in [6.07, 6.45) is 3.54. The Bertz CT molecular complexity index is 474. The topological polar surface area (TPSA) is 41.6 Å². The Hall–Kier alpha value is -0.910. The van der Waals surface area contributed by atoms with Gasteiger partial charge in [0.1, 0.15) is 0 Å². The molecule has 3 rings (SSSR count). The average molecular weight is 308 g/mol. The van der Waals surface area contributed by atoms with Crippen LogP contribution in [0.4, 0.5) is 0 Å². The highest BCUT2D eigenvalue weighted by atomic mass is 32.1. The molecule has 1 N–H and O–H groups in total. The lowest BCUT2D eigenvalue weighted by Gasteiger charge is -2.35. The highest BCUT2D eigenvalue weighted by molar-refractivity contribution is 7.12. The van der Waals surface area contributed by atoms with Gasteiger partial charge in [0.25, 0.3) is 5.91 Å².